The third-order valence-electron chi connectivity index (χ3n) is 7.83. The van der Waals surface area contributed by atoms with Crippen molar-refractivity contribution in [3.8, 4) is 0 Å². The molecule has 4 heteroatoms. The number of carbonyl (C=O) groups is 1. The Morgan fingerprint density at radius 3 is 2.12 bits per heavy atom. The third kappa shape index (κ3) is 3.94. The standard InChI is InChI=1S/C29H39N3O/c1-19(2)22-13-11-14-23(20(3)4)27(22)32(28(30)33)18-29(16-9-10-17-29)26-21(5)31(6)25-15-8-7-12-24(25)26/h7-8,11-15,19-20H,9-10,16-18H2,1-6H3,(H2,30,33). The van der Waals surface area contributed by atoms with E-state index in [1.54, 1.807) is 0 Å². The first-order valence-electron chi connectivity index (χ1n) is 12.4. The van der Waals surface area contributed by atoms with Crippen LogP contribution < -0.4 is 10.6 Å². The highest BCUT2D eigenvalue weighted by Gasteiger charge is 2.42. The fourth-order valence-electron chi connectivity index (χ4n) is 6.12. The smallest absolute Gasteiger partial charge is 0.319 e. The summed E-state index contributed by atoms with van der Waals surface area (Å²) in [4.78, 5) is 15.0. The molecule has 0 aliphatic heterocycles. The van der Waals surface area contributed by atoms with E-state index in [1.165, 1.54) is 46.1 Å². The molecule has 0 unspecified atom stereocenters. The molecule has 0 atom stereocenters. The minimum absolute atomic E-state index is 0.0989. The van der Waals surface area contributed by atoms with Crippen LogP contribution in [0.25, 0.3) is 10.9 Å². The summed E-state index contributed by atoms with van der Waals surface area (Å²) in [6, 6.07) is 14.8. The molecule has 2 N–H and O–H groups in total. The summed E-state index contributed by atoms with van der Waals surface area (Å²) >= 11 is 0. The number of amides is 2. The Balaban J connectivity index is 1.92. The van der Waals surface area contributed by atoms with Gasteiger partial charge in [0.15, 0.2) is 0 Å². The van der Waals surface area contributed by atoms with Gasteiger partial charge in [0.25, 0.3) is 0 Å². The second-order valence-corrected chi connectivity index (χ2v) is 10.5. The SMILES string of the molecule is Cc1c(C2(CN(C(N)=O)c3c(C(C)C)cccc3C(C)C)CCCC2)c2ccccc2n1C. The molecule has 1 aromatic heterocycles. The Bertz CT molecular complexity index is 1140. The lowest BCUT2D eigenvalue weighted by Gasteiger charge is -2.38. The van der Waals surface area contributed by atoms with Crippen LogP contribution in [-0.2, 0) is 12.5 Å². The van der Waals surface area contributed by atoms with Crippen molar-refractivity contribution in [1.29, 1.82) is 0 Å². The van der Waals surface area contributed by atoms with Gasteiger partial charge in [-0.25, -0.2) is 4.79 Å². The molecule has 33 heavy (non-hydrogen) atoms. The number of para-hydroxylation sites is 2. The quantitative estimate of drug-likeness (QED) is 0.431. The Hall–Kier alpha value is -2.75. The molecule has 4 nitrogen and oxygen atoms in total. The zero-order valence-electron chi connectivity index (χ0n) is 21.1. The summed E-state index contributed by atoms with van der Waals surface area (Å²) in [5, 5.41) is 1.31. The highest BCUT2D eigenvalue weighted by molar-refractivity contribution is 5.94. The van der Waals surface area contributed by atoms with Crippen LogP contribution >= 0.6 is 0 Å². The lowest BCUT2D eigenvalue weighted by atomic mass is 9.76. The number of benzene rings is 2. The van der Waals surface area contributed by atoms with Gasteiger partial charge in [-0.1, -0.05) is 76.9 Å². The van der Waals surface area contributed by atoms with Gasteiger partial charge in [-0.05, 0) is 54.4 Å². The van der Waals surface area contributed by atoms with Gasteiger partial charge >= 0.3 is 6.03 Å². The van der Waals surface area contributed by atoms with Crippen molar-refractivity contribution in [2.24, 2.45) is 12.8 Å². The topological polar surface area (TPSA) is 51.3 Å². The first-order chi connectivity index (χ1) is 15.7. The zero-order chi connectivity index (χ0) is 23.9. The van der Waals surface area contributed by atoms with E-state index in [9.17, 15) is 4.79 Å². The van der Waals surface area contributed by atoms with E-state index >= 15 is 0 Å². The van der Waals surface area contributed by atoms with Crippen molar-refractivity contribution in [3.05, 3.63) is 64.8 Å². The number of aromatic nitrogens is 1. The van der Waals surface area contributed by atoms with E-state index in [1.807, 2.05) is 4.90 Å². The number of carbonyl (C=O) groups excluding carboxylic acids is 1. The average Bonchev–Trinajstić information content (AvgIpc) is 3.35. The molecule has 4 rings (SSSR count). The van der Waals surface area contributed by atoms with Gasteiger partial charge in [0, 0.05) is 35.6 Å². The number of rotatable bonds is 6. The van der Waals surface area contributed by atoms with E-state index in [2.05, 4.69) is 88.7 Å². The van der Waals surface area contributed by atoms with Crippen molar-refractivity contribution in [3.63, 3.8) is 0 Å². The average molecular weight is 446 g/mol. The van der Waals surface area contributed by atoms with Crippen LogP contribution in [0.15, 0.2) is 42.5 Å². The van der Waals surface area contributed by atoms with Crippen molar-refractivity contribution >= 4 is 22.6 Å². The summed E-state index contributed by atoms with van der Waals surface area (Å²) in [7, 11) is 2.15. The molecule has 0 radical (unpaired) electrons. The number of anilines is 1. The van der Waals surface area contributed by atoms with Crippen LogP contribution in [0.4, 0.5) is 10.5 Å². The molecule has 1 saturated carbocycles. The maximum absolute atomic E-state index is 13.1. The van der Waals surface area contributed by atoms with Gasteiger partial charge in [0.05, 0.1) is 5.69 Å². The lowest BCUT2D eigenvalue weighted by molar-refractivity contribution is 0.251. The number of hydrogen-bond donors (Lipinski definition) is 1. The Morgan fingerprint density at radius 2 is 1.58 bits per heavy atom. The third-order valence-corrected chi connectivity index (χ3v) is 7.83. The van der Waals surface area contributed by atoms with Gasteiger partial charge in [0.2, 0.25) is 0 Å². The predicted molar refractivity (Wildman–Crippen MR) is 139 cm³/mol. The van der Waals surface area contributed by atoms with Crippen LogP contribution in [-0.4, -0.2) is 17.1 Å². The van der Waals surface area contributed by atoms with Crippen LogP contribution in [0, 0.1) is 6.92 Å². The summed E-state index contributed by atoms with van der Waals surface area (Å²) < 4.78 is 2.31. The Morgan fingerprint density at radius 1 is 1.00 bits per heavy atom. The van der Waals surface area contributed by atoms with Crippen LogP contribution in [0.3, 0.4) is 0 Å². The second-order valence-electron chi connectivity index (χ2n) is 10.5. The minimum atomic E-state index is -0.353. The number of aryl methyl sites for hydroxylation is 1. The molecule has 2 aromatic carbocycles. The summed E-state index contributed by atoms with van der Waals surface area (Å²) in [6.07, 6.45) is 4.51. The normalized spacial score (nSPS) is 15.6. The lowest BCUT2D eigenvalue weighted by Crippen LogP contribution is -2.46. The van der Waals surface area contributed by atoms with E-state index in [4.69, 9.17) is 5.73 Å². The monoisotopic (exact) mass is 445 g/mol. The fraction of sp³-hybridized carbons (Fsp3) is 0.483. The maximum Gasteiger partial charge on any atom is 0.319 e. The Labute approximate surface area is 198 Å². The second kappa shape index (κ2) is 8.89. The molecule has 176 valence electrons. The molecule has 0 saturated heterocycles. The van der Waals surface area contributed by atoms with Crippen LogP contribution in [0.1, 0.15) is 87.6 Å². The van der Waals surface area contributed by atoms with E-state index in [0.29, 0.717) is 18.4 Å². The van der Waals surface area contributed by atoms with E-state index < -0.39 is 0 Å². The van der Waals surface area contributed by atoms with Gasteiger partial charge in [-0.3, -0.25) is 4.90 Å². The maximum atomic E-state index is 13.1. The largest absolute Gasteiger partial charge is 0.351 e. The first-order valence-corrected chi connectivity index (χ1v) is 12.4. The predicted octanol–water partition coefficient (Wildman–Crippen LogP) is 7.13. The van der Waals surface area contributed by atoms with Gasteiger partial charge in [0.1, 0.15) is 0 Å². The van der Waals surface area contributed by atoms with Gasteiger partial charge in [-0.2, -0.15) is 0 Å². The van der Waals surface area contributed by atoms with Gasteiger partial charge in [-0.15, -0.1) is 0 Å². The fourth-order valence-corrected chi connectivity index (χ4v) is 6.12. The highest BCUT2D eigenvalue weighted by atomic mass is 16.2. The number of fused-ring (bicyclic) bond motifs is 1. The van der Waals surface area contributed by atoms with Crippen molar-refractivity contribution in [2.45, 2.75) is 77.6 Å². The van der Waals surface area contributed by atoms with E-state index in [0.717, 1.165) is 18.5 Å². The highest BCUT2D eigenvalue weighted by Crippen LogP contribution is 2.48. The zero-order valence-corrected chi connectivity index (χ0v) is 21.1. The van der Waals surface area contributed by atoms with Gasteiger partial charge < -0.3 is 10.3 Å². The molecule has 1 aliphatic rings. The number of hydrogen-bond acceptors (Lipinski definition) is 1. The molecular formula is C29H39N3O. The van der Waals surface area contributed by atoms with Crippen molar-refractivity contribution < 1.29 is 4.79 Å². The molecule has 0 bridgehead atoms. The molecular weight excluding hydrogens is 406 g/mol. The number of primary amides is 1. The molecule has 1 heterocycles. The van der Waals surface area contributed by atoms with Crippen molar-refractivity contribution in [1.82, 2.24) is 4.57 Å². The van der Waals surface area contributed by atoms with Crippen molar-refractivity contribution in [2.75, 3.05) is 11.4 Å². The number of nitrogens with two attached hydrogens (primary N) is 1. The molecule has 1 fully saturated rings. The minimum Gasteiger partial charge on any atom is -0.351 e. The molecule has 1 aliphatic carbocycles. The van der Waals surface area contributed by atoms with Crippen LogP contribution in [0.2, 0.25) is 0 Å². The number of nitrogens with zero attached hydrogens (tertiary/aromatic N) is 2. The number of urea groups is 1. The molecule has 3 aromatic rings. The summed E-state index contributed by atoms with van der Waals surface area (Å²) in [6.45, 7) is 11.6. The Kier molecular flexibility index (Phi) is 6.30. The molecule has 2 amide bonds. The first kappa shape index (κ1) is 23.4. The van der Waals surface area contributed by atoms with E-state index in [-0.39, 0.29) is 11.4 Å². The summed E-state index contributed by atoms with van der Waals surface area (Å²) in [5.41, 5.74) is 13.4. The summed E-state index contributed by atoms with van der Waals surface area (Å²) in [5.74, 6) is 0.610. The molecule has 0 spiro atoms. The van der Waals surface area contributed by atoms with Crippen LogP contribution in [0.5, 0.6) is 0 Å².